The normalized spacial score (nSPS) is 23.4. The SMILES string of the molecule is C=C[C@@H]1C[C@]1(NC(=O)[C@@H]1C[C@@H](Oc2ccc3ncn(-c4ccccc4)c3c2)CN1C(=O)[C@@H](Nc1cccc(C(F)(F)F)c1)C(C)(C)C)C(=O)NS(=O)(=O)C1(C)CC1. The smallest absolute Gasteiger partial charge is 0.416 e. The highest BCUT2D eigenvalue weighted by Gasteiger charge is 2.63. The third-order valence-electron chi connectivity index (χ3n) is 11.2. The van der Waals surface area contributed by atoms with Crippen molar-refractivity contribution in [3.05, 3.63) is 97.3 Å². The lowest BCUT2D eigenvalue weighted by Crippen LogP contribution is -2.59. The van der Waals surface area contributed by atoms with Crippen LogP contribution in [0.25, 0.3) is 16.7 Å². The van der Waals surface area contributed by atoms with Gasteiger partial charge in [0.2, 0.25) is 21.8 Å². The third-order valence-corrected chi connectivity index (χ3v) is 13.4. The summed E-state index contributed by atoms with van der Waals surface area (Å²) in [4.78, 5) is 48.6. The number of anilines is 1. The molecule has 12 nitrogen and oxygen atoms in total. The molecule has 3 fully saturated rings. The van der Waals surface area contributed by atoms with Crippen LogP contribution in [0.3, 0.4) is 0 Å². The second kappa shape index (κ2) is 14.2. The van der Waals surface area contributed by atoms with Crippen LogP contribution in [0.5, 0.6) is 5.75 Å². The molecule has 1 saturated heterocycles. The number of fused-ring (bicyclic) bond motifs is 1. The standard InChI is InChI=1S/C41H45F3N6O6S/c1-6-25-22-40(25,37(53)48-57(54,55)39(5)17-18-39)47-35(51)33-21-30(56-29-15-16-31-32(20-29)50(24-45-31)28-13-8-7-9-14-28)23-49(33)36(52)34(38(2,3)4)46-27-12-10-11-26(19-27)41(42,43)44/h6-16,19-20,24-25,30,33-34,46H,1,17-18,21-23H2,2-5H3,(H,47,51)(H,48,53)/t25-,30-,33+,34-,40-/m1/s1. The molecule has 5 atom stereocenters. The number of hydrogen-bond donors (Lipinski definition) is 3. The highest BCUT2D eigenvalue weighted by Crippen LogP contribution is 2.47. The van der Waals surface area contributed by atoms with E-state index in [1.165, 1.54) is 23.1 Å². The number of sulfonamides is 1. The predicted octanol–water partition coefficient (Wildman–Crippen LogP) is 5.98. The van der Waals surface area contributed by atoms with Crippen LogP contribution in [-0.2, 0) is 30.6 Å². The number of nitrogens with zero attached hydrogens (tertiary/aromatic N) is 3. The molecular weight excluding hydrogens is 762 g/mol. The molecular formula is C41H45F3N6O6S. The Balaban J connectivity index is 1.19. The van der Waals surface area contributed by atoms with Crippen molar-refractivity contribution in [1.29, 1.82) is 0 Å². The van der Waals surface area contributed by atoms with Crippen molar-refractivity contribution in [2.45, 2.75) is 88.0 Å². The number of halogens is 3. The molecule has 3 aromatic carbocycles. The Bertz CT molecular complexity index is 2340. The van der Waals surface area contributed by atoms with Crippen molar-refractivity contribution in [3.63, 3.8) is 0 Å². The van der Waals surface area contributed by atoms with Crippen LogP contribution in [0.1, 0.15) is 58.9 Å². The molecule has 7 rings (SSSR count). The second-order valence-electron chi connectivity index (χ2n) is 16.5. The Morgan fingerprint density at radius 3 is 2.37 bits per heavy atom. The van der Waals surface area contributed by atoms with E-state index >= 15 is 0 Å². The molecule has 2 saturated carbocycles. The van der Waals surface area contributed by atoms with E-state index in [1.54, 1.807) is 52.2 Å². The fourth-order valence-electron chi connectivity index (χ4n) is 7.31. The number of para-hydroxylation sites is 1. The first-order valence-electron chi connectivity index (χ1n) is 18.7. The van der Waals surface area contributed by atoms with Gasteiger partial charge in [-0.25, -0.2) is 13.4 Å². The molecule has 2 aliphatic carbocycles. The molecule has 2 heterocycles. The van der Waals surface area contributed by atoms with E-state index in [4.69, 9.17) is 4.74 Å². The molecule has 302 valence electrons. The van der Waals surface area contributed by atoms with Crippen molar-refractivity contribution >= 4 is 44.5 Å². The summed E-state index contributed by atoms with van der Waals surface area (Å²) in [5, 5.41) is 5.77. The number of amides is 3. The van der Waals surface area contributed by atoms with E-state index in [2.05, 4.69) is 26.9 Å². The van der Waals surface area contributed by atoms with Crippen LogP contribution in [0.4, 0.5) is 18.9 Å². The lowest BCUT2D eigenvalue weighted by atomic mass is 9.85. The summed E-state index contributed by atoms with van der Waals surface area (Å²) in [6.45, 7) is 10.5. The minimum Gasteiger partial charge on any atom is -0.488 e. The van der Waals surface area contributed by atoms with Crippen LogP contribution >= 0.6 is 0 Å². The van der Waals surface area contributed by atoms with Crippen molar-refractivity contribution in [2.75, 3.05) is 11.9 Å². The Morgan fingerprint density at radius 2 is 1.74 bits per heavy atom. The number of imidazole rings is 1. The van der Waals surface area contributed by atoms with Crippen LogP contribution in [0, 0.1) is 11.3 Å². The van der Waals surface area contributed by atoms with E-state index in [1.807, 2.05) is 34.9 Å². The number of rotatable bonds is 12. The molecule has 0 spiro atoms. The van der Waals surface area contributed by atoms with E-state index in [0.717, 1.165) is 23.3 Å². The molecule has 57 heavy (non-hydrogen) atoms. The van der Waals surface area contributed by atoms with Crippen molar-refractivity contribution in [3.8, 4) is 11.4 Å². The average Bonchev–Trinajstić information content (AvgIpc) is 3.97. The third kappa shape index (κ3) is 7.83. The highest BCUT2D eigenvalue weighted by molar-refractivity contribution is 7.91. The lowest BCUT2D eigenvalue weighted by Gasteiger charge is -2.36. The summed E-state index contributed by atoms with van der Waals surface area (Å²) in [6.07, 6.45) is -1.32. The maximum Gasteiger partial charge on any atom is 0.416 e. The summed E-state index contributed by atoms with van der Waals surface area (Å²) in [5.41, 5.74) is -0.985. The molecule has 1 aromatic heterocycles. The van der Waals surface area contributed by atoms with Gasteiger partial charge in [0, 0.05) is 29.8 Å². The molecule has 3 amide bonds. The Hall–Kier alpha value is -5.38. The number of likely N-dealkylation sites (tertiary alicyclic amines) is 1. The van der Waals surface area contributed by atoms with Gasteiger partial charge >= 0.3 is 6.18 Å². The maximum absolute atomic E-state index is 14.7. The Morgan fingerprint density at radius 1 is 1.02 bits per heavy atom. The number of carbonyl (C=O) groups is 3. The molecule has 4 aromatic rings. The van der Waals surface area contributed by atoms with Gasteiger partial charge in [-0.3, -0.25) is 23.7 Å². The van der Waals surface area contributed by atoms with Crippen molar-refractivity contribution in [1.82, 2.24) is 24.5 Å². The van der Waals surface area contributed by atoms with Gasteiger partial charge in [0.05, 0.1) is 27.9 Å². The quantitative estimate of drug-likeness (QED) is 0.148. The number of hydrogen-bond acceptors (Lipinski definition) is 8. The number of aromatic nitrogens is 2. The number of benzene rings is 3. The largest absolute Gasteiger partial charge is 0.488 e. The lowest BCUT2D eigenvalue weighted by molar-refractivity contribution is -0.141. The van der Waals surface area contributed by atoms with E-state index < -0.39 is 79.3 Å². The molecule has 1 aliphatic heterocycles. The van der Waals surface area contributed by atoms with Gasteiger partial charge in [-0.1, -0.05) is 51.1 Å². The van der Waals surface area contributed by atoms with E-state index in [-0.39, 0.29) is 25.1 Å². The maximum atomic E-state index is 14.7. The predicted molar refractivity (Wildman–Crippen MR) is 208 cm³/mol. The first-order chi connectivity index (χ1) is 26.7. The molecule has 3 aliphatic rings. The van der Waals surface area contributed by atoms with Crippen molar-refractivity contribution in [2.24, 2.45) is 11.3 Å². The first kappa shape index (κ1) is 39.8. The fraction of sp³-hybridized carbons (Fsp3) is 0.415. The highest BCUT2D eigenvalue weighted by atomic mass is 32.2. The van der Waals surface area contributed by atoms with Gasteiger partial charge in [-0.05, 0) is 74.1 Å². The number of carbonyl (C=O) groups excluding carboxylic acids is 3. The van der Waals surface area contributed by atoms with E-state index in [0.29, 0.717) is 24.1 Å². The Kier molecular flexibility index (Phi) is 9.94. The topological polar surface area (TPSA) is 152 Å². The number of nitrogens with one attached hydrogen (secondary N) is 3. The minimum atomic E-state index is -4.62. The van der Waals surface area contributed by atoms with Gasteiger partial charge in [-0.2, -0.15) is 13.2 Å². The molecule has 0 bridgehead atoms. The summed E-state index contributed by atoms with van der Waals surface area (Å²) in [5.74, 6) is -2.32. The van der Waals surface area contributed by atoms with Gasteiger partial charge in [0.15, 0.2) is 0 Å². The van der Waals surface area contributed by atoms with Gasteiger partial charge in [0.1, 0.15) is 35.8 Å². The fourth-order valence-corrected chi connectivity index (χ4v) is 8.62. The molecule has 3 N–H and O–H groups in total. The summed E-state index contributed by atoms with van der Waals surface area (Å²) in [6, 6.07) is 17.1. The zero-order chi connectivity index (χ0) is 41.1. The second-order valence-corrected chi connectivity index (χ2v) is 18.7. The van der Waals surface area contributed by atoms with Gasteiger partial charge in [-0.15, -0.1) is 6.58 Å². The number of ether oxygens (including phenoxy) is 1. The van der Waals surface area contributed by atoms with E-state index in [9.17, 15) is 36.0 Å². The summed E-state index contributed by atoms with van der Waals surface area (Å²) in [7, 11) is -4.04. The van der Waals surface area contributed by atoms with Crippen LogP contribution in [0.15, 0.2) is 91.8 Å². The van der Waals surface area contributed by atoms with Gasteiger partial charge in [0.25, 0.3) is 5.91 Å². The first-order valence-corrected chi connectivity index (χ1v) is 20.2. The Labute approximate surface area is 328 Å². The summed E-state index contributed by atoms with van der Waals surface area (Å²) >= 11 is 0. The zero-order valence-corrected chi connectivity index (χ0v) is 32.8. The van der Waals surface area contributed by atoms with Crippen molar-refractivity contribution < 1.29 is 40.7 Å². The van der Waals surface area contributed by atoms with Crippen LogP contribution in [0.2, 0.25) is 0 Å². The number of alkyl halides is 3. The van der Waals surface area contributed by atoms with Crippen LogP contribution < -0.4 is 20.1 Å². The zero-order valence-electron chi connectivity index (χ0n) is 32.0. The summed E-state index contributed by atoms with van der Waals surface area (Å²) < 4.78 is 76.5. The average molecular weight is 807 g/mol. The monoisotopic (exact) mass is 806 g/mol. The van der Waals surface area contributed by atoms with Gasteiger partial charge < -0.3 is 20.3 Å². The van der Waals surface area contributed by atoms with Crippen LogP contribution in [-0.4, -0.2) is 75.6 Å². The molecule has 0 unspecified atom stereocenters. The molecule has 0 radical (unpaired) electrons. The molecule has 16 heteroatoms. The minimum absolute atomic E-state index is 0.0131.